The molecular formula is C25H23IN2O6S. The highest BCUT2D eigenvalue weighted by molar-refractivity contribution is 14.1. The van der Waals surface area contributed by atoms with E-state index in [0.717, 1.165) is 14.5 Å². The lowest BCUT2D eigenvalue weighted by molar-refractivity contribution is -0.124. The summed E-state index contributed by atoms with van der Waals surface area (Å²) in [7, 11) is 0. The zero-order valence-electron chi connectivity index (χ0n) is 18.6. The van der Waals surface area contributed by atoms with Crippen molar-refractivity contribution < 1.29 is 29.4 Å². The van der Waals surface area contributed by atoms with Crippen molar-refractivity contribution in [1.29, 1.82) is 0 Å². The summed E-state index contributed by atoms with van der Waals surface area (Å²) in [5.74, 6) is -0.469. The molecule has 10 heteroatoms. The molecule has 0 fully saturated rings. The Morgan fingerprint density at radius 1 is 1.06 bits per heavy atom. The van der Waals surface area contributed by atoms with Gasteiger partial charge in [-0.1, -0.05) is 18.2 Å². The number of rotatable bonds is 9. The average molecular weight is 606 g/mol. The maximum absolute atomic E-state index is 12.9. The zero-order chi connectivity index (χ0) is 25.2. The number of phenols is 1. The lowest BCUT2D eigenvalue weighted by Gasteiger charge is -2.27. The molecule has 0 aliphatic heterocycles. The monoisotopic (exact) mass is 606 g/mol. The summed E-state index contributed by atoms with van der Waals surface area (Å²) in [6, 6.07) is 20.8. The van der Waals surface area contributed by atoms with Crippen molar-refractivity contribution in [2.75, 3.05) is 11.6 Å². The molecule has 2 atom stereocenters. The van der Waals surface area contributed by atoms with E-state index in [1.54, 1.807) is 60.3 Å². The van der Waals surface area contributed by atoms with Gasteiger partial charge in [-0.3, -0.25) is 15.3 Å². The number of hydrogen-bond acceptors (Lipinski definition) is 7. The van der Waals surface area contributed by atoms with Crippen molar-refractivity contribution in [3.8, 4) is 11.5 Å². The first-order valence-corrected chi connectivity index (χ1v) is 12.6. The largest absolute Gasteiger partial charge is 0.508 e. The molecule has 0 aliphatic carbocycles. The van der Waals surface area contributed by atoms with E-state index in [9.17, 15) is 14.7 Å². The lowest BCUT2D eigenvalue weighted by Crippen LogP contribution is -2.30. The third kappa shape index (κ3) is 7.91. The minimum absolute atomic E-state index is 0.116. The summed E-state index contributed by atoms with van der Waals surface area (Å²) in [6.45, 7) is 0. The lowest BCUT2D eigenvalue weighted by atomic mass is 10.0. The van der Waals surface area contributed by atoms with Crippen molar-refractivity contribution in [3.05, 3.63) is 94.1 Å². The quantitative estimate of drug-likeness (QED) is 0.0834. The second kappa shape index (κ2) is 13.0. The topological polar surface area (TPSA) is 117 Å². The van der Waals surface area contributed by atoms with Gasteiger partial charge in [0.25, 0.3) is 5.91 Å². The molecule has 0 radical (unpaired) electrons. The third-order valence-corrected chi connectivity index (χ3v) is 6.14. The molecule has 35 heavy (non-hydrogen) atoms. The van der Waals surface area contributed by atoms with Gasteiger partial charge in [-0.15, -0.1) is 11.8 Å². The number of nitrogens with one attached hydrogen (secondary N) is 2. The van der Waals surface area contributed by atoms with Crippen LogP contribution in [0.5, 0.6) is 11.5 Å². The van der Waals surface area contributed by atoms with E-state index in [2.05, 4.69) is 27.9 Å². The van der Waals surface area contributed by atoms with Gasteiger partial charge in [-0.25, -0.2) is 10.3 Å². The minimum atomic E-state index is -1.15. The van der Waals surface area contributed by atoms with Gasteiger partial charge in [0.1, 0.15) is 11.5 Å². The van der Waals surface area contributed by atoms with Crippen molar-refractivity contribution in [1.82, 2.24) is 5.48 Å². The summed E-state index contributed by atoms with van der Waals surface area (Å²) >= 11 is 3.65. The van der Waals surface area contributed by atoms with Crippen LogP contribution in [-0.2, 0) is 9.53 Å². The molecule has 2 amide bonds. The molecule has 8 nitrogen and oxygen atoms in total. The Kier molecular flexibility index (Phi) is 9.82. The highest BCUT2D eigenvalue weighted by Crippen LogP contribution is 2.34. The van der Waals surface area contributed by atoms with Gasteiger partial charge in [0.2, 0.25) is 0 Å². The van der Waals surface area contributed by atoms with Crippen LogP contribution in [0.1, 0.15) is 11.7 Å². The van der Waals surface area contributed by atoms with Crippen LogP contribution in [0.2, 0.25) is 0 Å². The molecule has 3 rings (SSSR count). The van der Waals surface area contributed by atoms with E-state index in [0.29, 0.717) is 11.4 Å². The number of ether oxygens (including phenoxy) is 2. The Balaban J connectivity index is 1.96. The minimum Gasteiger partial charge on any atom is -0.508 e. The standard InChI is InChI=1S/C25H23IN2O6S/c1-35-19-10-8-17(9-11-19)27-25(31)34-24(20-15-16(26)7-12-21(20)29)22(13-14-23(30)28-32)33-18-5-3-2-4-6-18/h2-15,22,24,29,32H,1H3,(H,27,31)(H,28,30)/b14-13+/t22-,24-/m1/s1. The fourth-order valence-electron chi connectivity index (χ4n) is 3.08. The molecule has 0 saturated carbocycles. The summed E-state index contributed by atoms with van der Waals surface area (Å²) in [4.78, 5) is 25.6. The average Bonchev–Trinajstić information content (AvgIpc) is 2.87. The van der Waals surface area contributed by atoms with Crippen LogP contribution in [0.25, 0.3) is 0 Å². The van der Waals surface area contributed by atoms with E-state index in [4.69, 9.17) is 14.7 Å². The Morgan fingerprint density at radius 2 is 1.77 bits per heavy atom. The highest BCUT2D eigenvalue weighted by atomic mass is 127. The Hall–Kier alpha value is -3.22. The van der Waals surface area contributed by atoms with Crippen LogP contribution >= 0.6 is 34.4 Å². The van der Waals surface area contributed by atoms with E-state index < -0.39 is 24.2 Å². The first kappa shape index (κ1) is 26.4. The van der Waals surface area contributed by atoms with Crippen molar-refractivity contribution >= 4 is 52.0 Å². The number of carbonyl (C=O) groups is 2. The maximum atomic E-state index is 12.9. The molecule has 3 aromatic rings. The number of halogens is 1. The van der Waals surface area contributed by atoms with E-state index >= 15 is 0 Å². The number of amides is 2. The first-order valence-electron chi connectivity index (χ1n) is 10.3. The SMILES string of the molecule is CSc1ccc(NC(=O)O[C@H](c2cc(I)ccc2O)[C@@H](/C=C/C(=O)NO)Oc2ccccc2)cc1. The maximum Gasteiger partial charge on any atom is 0.412 e. The molecular weight excluding hydrogens is 583 g/mol. The van der Waals surface area contributed by atoms with Crippen LogP contribution in [0, 0.1) is 3.57 Å². The molecule has 0 heterocycles. The van der Waals surface area contributed by atoms with E-state index in [-0.39, 0.29) is 11.3 Å². The predicted molar refractivity (Wildman–Crippen MR) is 142 cm³/mol. The third-order valence-electron chi connectivity index (χ3n) is 4.73. The fraction of sp³-hybridized carbons (Fsp3) is 0.120. The number of thioether (sulfide) groups is 1. The van der Waals surface area contributed by atoms with Crippen LogP contribution in [0.4, 0.5) is 10.5 Å². The zero-order valence-corrected chi connectivity index (χ0v) is 21.5. The van der Waals surface area contributed by atoms with Crippen molar-refractivity contribution in [2.24, 2.45) is 0 Å². The molecule has 0 saturated heterocycles. The number of phenolic OH excluding ortho intramolecular Hbond substituents is 1. The van der Waals surface area contributed by atoms with Gasteiger partial charge < -0.3 is 14.6 Å². The molecule has 4 N–H and O–H groups in total. The predicted octanol–water partition coefficient (Wildman–Crippen LogP) is 5.52. The first-order chi connectivity index (χ1) is 16.9. The Morgan fingerprint density at radius 3 is 2.43 bits per heavy atom. The van der Waals surface area contributed by atoms with Gasteiger partial charge in [-0.2, -0.15) is 0 Å². The van der Waals surface area contributed by atoms with Gasteiger partial charge in [0.05, 0.1) is 0 Å². The van der Waals surface area contributed by atoms with E-state index in [1.165, 1.54) is 17.6 Å². The summed E-state index contributed by atoms with van der Waals surface area (Å²) in [5.41, 5.74) is 2.31. The van der Waals surface area contributed by atoms with Crippen LogP contribution < -0.4 is 15.5 Å². The number of para-hydroxylation sites is 1. The Bertz CT molecular complexity index is 1170. The van der Waals surface area contributed by atoms with Crippen LogP contribution in [-0.4, -0.2) is 34.7 Å². The molecule has 182 valence electrons. The van der Waals surface area contributed by atoms with Crippen molar-refractivity contribution in [3.63, 3.8) is 0 Å². The van der Waals surface area contributed by atoms with Gasteiger partial charge >= 0.3 is 6.09 Å². The molecule has 0 aromatic heterocycles. The summed E-state index contributed by atoms with van der Waals surface area (Å²) in [5, 5.41) is 22.1. The number of benzene rings is 3. The fourth-order valence-corrected chi connectivity index (χ4v) is 4.00. The Labute approximate surface area is 220 Å². The number of aromatic hydroxyl groups is 1. The molecule has 0 bridgehead atoms. The van der Waals surface area contributed by atoms with E-state index in [1.807, 2.05) is 24.5 Å². The van der Waals surface area contributed by atoms with Gasteiger partial charge in [0, 0.05) is 25.8 Å². The number of anilines is 1. The smallest absolute Gasteiger partial charge is 0.412 e. The van der Waals surface area contributed by atoms with Crippen LogP contribution in [0.15, 0.2) is 89.8 Å². The van der Waals surface area contributed by atoms with Gasteiger partial charge in [0.15, 0.2) is 12.2 Å². The second-order valence-electron chi connectivity index (χ2n) is 7.11. The second-order valence-corrected chi connectivity index (χ2v) is 9.24. The normalized spacial score (nSPS) is 12.5. The highest BCUT2D eigenvalue weighted by Gasteiger charge is 2.30. The summed E-state index contributed by atoms with van der Waals surface area (Å²) in [6.07, 6.45) is 1.36. The van der Waals surface area contributed by atoms with Crippen LogP contribution in [0.3, 0.4) is 0 Å². The molecule has 0 spiro atoms. The number of hydrogen-bond donors (Lipinski definition) is 4. The van der Waals surface area contributed by atoms with Crippen molar-refractivity contribution in [2.45, 2.75) is 17.1 Å². The number of hydroxylamine groups is 1. The molecule has 0 unspecified atom stereocenters. The molecule has 3 aromatic carbocycles. The molecule has 0 aliphatic rings. The van der Waals surface area contributed by atoms with Gasteiger partial charge in [-0.05, 0) is 89.5 Å². The number of carbonyl (C=O) groups excluding carboxylic acids is 2. The summed E-state index contributed by atoms with van der Waals surface area (Å²) < 4.78 is 12.6.